The summed E-state index contributed by atoms with van der Waals surface area (Å²) < 4.78 is 12.2. The number of hydrogen-bond donors (Lipinski definition) is 0. The van der Waals surface area contributed by atoms with E-state index in [1.807, 2.05) is 36.7 Å². The summed E-state index contributed by atoms with van der Waals surface area (Å²) in [6, 6.07) is 10.1. The summed E-state index contributed by atoms with van der Waals surface area (Å²) in [7, 11) is 0. The molecule has 0 amide bonds. The van der Waals surface area contributed by atoms with Crippen molar-refractivity contribution in [1.82, 2.24) is 14.9 Å². The fourth-order valence-electron chi connectivity index (χ4n) is 3.67. The average Bonchev–Trinajstić information content (AvgIpc) is 3.21. The molecule has 0 bridgehead atoms. The Morgan fingerprint density at radius 3 is 3.08 bits per heavy atom. The van der Waals surface area contributed by atoms with Gasteiger partial charge in [0.15, 0.2) is 0 Å². The number of rotatable bonds is 5. The average molecular weight is 325 g/mol. The SMILES string of the molecule is c1ccc(CN2CCC3(CC(OCc4cccnc4)CO3)C2)nc1. The van der Waals surface area contributed by atoms with Gasteiger partial charge < -0.3 is 9.47 Å². The standard InChI is InChI=1S/C19H23N3O2/c1-2-8-21-17(5-1)12-22-9-6-19(15-22)10-18(14-24-19)23-13-16-4-3-7-20-11-16/h1-5,7-8,11,18H,6,9-10,12-15H2. The van der Waals surface area contributed by atoms with Gasteiger partial charge in [-0.15, -0.1) is 0 Å². The maximum Gasteiger partial charge on any atom is 0.0847 e. The highest BCUT2D eigenvalue weighted by Gasteiger charge is 2.45. The Kier molecular flexibility index (Phi) is 4.56. The monoisotopic (exact) mass is 325 g/mol. The Morgan fingerprint density at radius 2 is 2.25 bits per heavy atom. The van der Waals surface area contributed by atoms with E-state index < -0.39 is 0 Å². The molecule has 1 spiro atoms. The molecule has 0 saturated carbocycles. The van der Waals surface area contributed by atoms with Crippen molar-refractivity contribution >= 4 is 0 Å². The summed E-state index contributed by atoms with van der Waals surface area (Å²) in [6.07, 6.45) is 7.73. The molecule has 5 heteroatoms. The summed E-state index contributed by atoms with van der Waals surface area (Å²) in [4.78, 5) is 11.0. The molecule has 2 saturated heterocycles. The van der Waals surface area contributed by atoms with Gasteiger partial charge in [0, 0.05) is 44.6 Å². The van der Waals surface area contributed by atoms with E-state index in [9.17, 15) is 0 Å². The minimum atomic E-state index is -0.0333. The Labute approximate surface area is 142 Å². The third-order valence-corrected chi connectivity index (χ3v) is 4.89. The Hall–Kier alpha value is -1.82. The lowest BCUT2D eigenvalue weighted by Crippen LogP contribution is -2.33. The van der Waals surface area contributed by atoms with Crippen LogP contribution in [-0.4, -0.2) is 46.3 Å². The molecule has 24 heavy (non-hydrogen) atoms. The first-order valence-electron chi connectivity index (χ1n) is 8.58. The number of pyridine rings is 2. The topological polar surface area (TPSA) is 47.5 Å². The fraction of sp³-hybridized carbons (Fsp3) is 0.474. The zero-order valence-corrected chi connectivity index (χ0v) is 13.8. The van der Waals surface area contributed by atoms with E-state index in [2.05, 4.69) is 20.9 Å². The third-order valence-electron chi connectivity index (χ3n) is 4.89. The van der Waals surface area contributed by atoms with Crippen LogP contribution in [0.1, 0.15) is 24.1 Å². The predicted octanol–water partition coefficient (Wildman–Crippen LogP) is 2.43. The van der Waals surface area contributed by atoms with Crippen LogP contribution < -0.4 is 0 Å². The molecule has 2 aliphatic rings. The first-order chi connectivity index (χ1) is 11.8. The van der Waals surface area contributed by atoms with Gasteiger partial charge in [0.25, 0.3) is 0 Å². The molecule has 2 atom stereocenters. The highest BCUT2D eigenvalue weighted by atomic mass is 16.6. The van der Waals surface area contributed by atoms with E-state index in [1.54, 1.807) is 6.20 Å². The first-order valence-corrected chi connectivity index (χ1v) is 8.58. The molecule has 126 valence electrons. The lowest BCUT2D eigenvalue weighted by Gasteiger charge is -2.23. The molecule has 4 heterocycles. The second-order valence-electron chi connectivity index (χ2n) is 6.77. The van der Waals surface area contributed by atoms with Gasteiger partial charge in [0.2, 0.25) is 0 Å². The molecule has 0 N–H and O–H groups in total. The fourth-order valence-corrected chi connectivity index (χ4v) is 3.67. The van der Waals surface area contributed by atoms with Crippen LogP contribution >= 0.6 is 0 Å². The summed E-state index contributed by atoms with van der Waals surface area (Å²) >= 11 is 0. The molecule has 5 nitrogen and oxygen atoms in total. The summed E-state index contributed by atoms with van der Waals surface area (Å²) in [5.41, 5.74) is 2.20. The maximum absolute atomic E-state index is 6.17. The maximum atomic E-state index is 6.17. The van der Waals surface area contributed by atoms with Gasteiger partial charge in [0.1, 0.15) is 0 Å². The quantitative estimate of drug-likeness (QED) is 0.845. The highest BCUT2D eigenvalue weighted by Crippen LogP contribution is 2.36. The molecule has 2 aromatic heterocycles. The van der Waals surface area contributed by atoms with Crippen LogP contribution in [0.15, 0.2) is 48.9 Å². The molecule has 2 fully saturated rings. The number of nitrogens with zero attached hydrogens (tertiary/aromatic N) is 3. The van der Waals surface area contributed by atoms with Crippen LogP contribution in [0.2, 0.25) is 0 Å². The second-order valence-corrected chi connectivity index (χ2v) is 6.77. The van der Waals surface area contributed by atoms with Crippen molar-refractivity contribution in [2.75, 3.05) is 19.7 Å². The van der Waals surface area contributed by atoms with Crippen molar-refractivity contribution in [2.24, 2.45) is 0 Å². The van der Waals surface area contributed by atoms with Crippen LogP contribution in [0.3, 0.4) is 0 Å². The van der Waals surface area contributed by atoms with E-state index >= 15 is 0 Å². The number of hydrogen-bond acceptors (Lipinski definition) is 5. The van der Waals surface area contributed by atoms with Crippen LogP contribution in [-0.2, 0) is 22.6 Å². The summed E-state index contributed by atoms with van der Waals surface area (Å²) in [5.74, 6) is 0. The van der Waals surface area contributed by atoms with Gasteiger partial charge in [-0.1, -0.05) is 12.1 Å². The molecule has 2 aliphatic heterocycles. The van der Waals surface area contributed by atoms with Gasteiger partial charge in [-0.2, -0.15) is 0 Å². The van der Waals surface area contributed by atoms with Gasteiger partial charge >= 0.3 is 0 Å². The summed E-state index contributed by atoms with van der Waals surface area (Å²) in [5, 5.41) is 0. The molecule has 0 aliphatic carbocycles. The van der Waals surface area contributed by atoms with Crippen molar-refractivity contribution in [3.05, 3.63) is 60.2 Å². The van der Waals surface area contributed by atoms with Crippen molar-refractivity contribution in [3.63, 3.8) is 0 Å². The first kappa shape index (κ1) is 15.7. The predicted molar refractivity (Wildman–Crippen MR) is 90.2 cm³/mol. The smallest absolute Gasteiger partial charge is 0.0847 e. The number of aromatic nitrogens is 2. The van der Waals surface area contributed by atoms with Crippen LogP contribution in [0.5, 0.6) is 0 Å². The summed E-state index contributed by atoms with van der Waals surface area (Å²) in [6.45, 7) is 4.22. The lowest BCUT2D eigenvalue weighted by molar-refractivity contribution is -0.000500. The lowest BCUT2D eigenvalue weighted by atomic mass is 9.98. The Balaban J connectivity index is 1.28. The largest absolute Gasteiger partial charge is 0.371 e. The van der Waals surface area contributed by atoms with Crippen LogP contribution in [0, 0.1) is 0 Å². The molecule has 0 radical (unpaired) electrons. The second kappa shape index (κ2) is 6.97. The minimum absolute atomic E-state index is 0.0333. The zero-order chi connectivity index (χ0) is 16.2. The van der Waals surface area contributed by atoms with Crippen molar-refractivity contribution in [1.29, 1.82) is 0 Å². The molecule has 2 unspecified atom stereocenters. The van der Waals surface area contributed by atoms with Gasteiger partial charge in [-0.3, -0.25) is 14.9 Å². The van der Waals surface area contributed by atoms with E-state index in [0.29, 0.717) is 13.2 Å². The number of likely N-dealkylation sites (tertiary alicyclic amines) is 1. The van der Waals surface area contributed by atoms with Gasteiger partial charge in [0.05, 0.1) is 30.6 Å². The molecule has 0 aromatic carbocycles. The molecular weight excluding hydrogens is 302 g/mol. The molecular formula is C19H23N3O2. The van der Waals surface area contributed by atoms with Crippen molar-refractivity contribution in [2.45, 2.75) is 37.7 Å². The normalized spacial score (nSPS) is 27.1. The van der Waals surface area contributed by atoms with Crippen molar-refractivity contribution < 1.29 is 9.47 Å². The van der Waals surface area contributed by atoms with Crippen LogP contribution in [0.25, 0.3) is 0 Å². The van der Waals surface area contributed by atoms with Crippen LogP contribution in [0.4, 0.5) is 0 Å². The molecule has 4 rings (SSSR count). The van der Waals surface area contributed by atoms with Crippen molar-refractivity contribution in [3.8, 4) is 0 Å². The van der Waals surface area contributed by atoms with E-state index in [4.69, 9.17) is 9.47 Å². The van der Waals surface area contributed by atoms with Gasteiger partial charge in [-0.25, -0.2) is 0 Å². The number of ether oxygens (including phenoxy) is 2. The van der Waals surface area contributed by atoms with Gasteiger partial charge in [-0.05, 0) is 30.2 Å². The Morgan fingerprint density at radius 1 is 1.25 bits per heavy atom. The molecule has 2 aromatic rings. The van der Waals surface area contributed by atoms with E-state index in [-0.39, 0.29) is 11.7 Å². The van der Waals surface area contributed by atoms with E-state index in [1.165, 1.54) is 0 Å². The highest BCUT2D eigenvalue weighted by molar-refractivity contribution is 5.08. The Bertz CT molecular complexity index is 652. The zero-order valence-electron chi connectivity index (χ0n) is 13.8. The van der Waals surface area contributed by atoms with E-state index in [0.717, 1.165) is 43.7 Å². The minimum Gasteiger partial charge on any atom is -0.371 e. The third kappa shape index (κ3) is 3.64.